The number of aromatic nitrogens is 1. The zero-order valence-corrected chi connectivity index (χ0v) is 23.0. The van der Waals surface area contributed by atoms with Gasteiger partial charge in [-0.15, -0.1) is 0 Å². The van der Waals surface area contributed by atoms with Gasteiger partial charge in [0.05, 0.1) is 11.3 Å². The lowest BCUT2D eigenvalue weighted by Gasteiger charge is -2.40. The third-order valence-electron chi connectivity index (χ3n) is 7.25. The maximum atomic E-state index is 13.2. The molecule has 2 amide bonds. The number of nitrogens with one attached hydrogen (secondary N) is 2. The molecular weight excluding hydrogens is 512 g/mol. The fourth-order valence-electron chi connectivity index (χ4n) is 5.29. The number of likely N-dealkylation sites (N-methyl/N-ethyl adjacent to an activating group) is 1. The molecule has 8 nitrogen and oxygen atoms in total. The minimum absolute atomic E-state index is 0.00457. The smallest absolute Gasteiger partial charge is 0.256 e. The molecule has 0 spiro atoms. The maximum Gasteiger partial charge on any atom is 0.256 e. The van der Waals surface area contributed by atoms with Crippen molar-refractivity contribution in [3.63, 3.8) is 0 Å². The summed E-state index contributed by atoms with van der Waals surface area (Å²) in [6.45, 7) is 5.18. The van der Waals surface area contributed by atoms with Crippen LogP contribution in [0.3, 0.4) is 0 Å². The highest BCUT2D eigenvalue weighted by atomic mass is 16.2. The van der Waals surface area contributed by atoms with Crippen LogP contribution in [0.25, 0.3) is 11.1 Å². The van der Waals surface area contributed by atoms with E-state index in [1.54, 1.807) is 24.5 Å². The normalized spacial score (nSPS) is 14.1. The zero-order chi connectivity index (χ0) is 28.6. The Morgan fingerprint density at radius 3 is 2.41 bits per heavy atom. The van der Waals surface area contributed by atoms with Gasteiger partial charge in [-0.05, 0) is 48.4 Å². The van der Waals surface area contributed by atoms with Crippen LogP contribution in [0.2, 0.25) is 0 Å². The standard InChI is InChI=1S/C33H32N6O2/c1-2-36-33(41)31(24-9-4-3-5-10-24)39-19-17-38(18-20-39)30-15-14-27(21-26(30)22-34)37-32(40)29-13-7-6-12-28(29)25-11-8-16-35-23-25/h3-16,21,23,31H,2,17-20H2,1H3,(H,36,41)(H,37,40). The molecule has 1 aliphatic heterocycles. The van der Waals surface area contributed by atoms with Crippen LogP contribution >= 0.6 is 0 Å². The van der Waals surface area contributed by atoms with E-state index in [1.807, 2.05) is 79.7 Å². The van der Waals surface area contributed by atoms with Crippen LogP contribution in [-0.2, 0) is 4.79 Å². The molecule has 1 aromatic heterocycles. The maximum absolute atomic E-state index is 13.2. The molecule has 0 aliphatic carbocycles. The molecule has 1 atom stereocenters. The topological polar surface area (TPSA) is 101 Å². The number of anilines is 2. The van der Waals surface area contributed by atoms with Crippen molar-refractivity contribution in [2.75, 3.05) is 42.9 Å². The lowest BCUT2D eigenvalue weighted by Crippen LogP contribution is -2.51. The van der Waals surface area contributed by atoms with Crippen LogP contribution in [0.5, 0.6) is 0 Å². The molecule has 1 unspecified atom stereocenters. The van der Waals surface area contributed by atoms with E-state index in [-0.39, 0.29) is 17.9 Å². The number of nitriles is 1. The molecule has 4 aromatic rings. The van der Waals surface area contributed by atoms with Crippen molar-refractivity contribution in [1.29, 1.82) is 5.26 Å². The minimum atomic E-state index is -0.360. The molecule has 0 radical (unpaired) electrons. The van der Waals surface area contributed by atoms with Crippen LogP contribution in [-0.4, -0.2) is 54.4 Å². The number of amides is 2. The van der Waals surface area contributed by atoms with Gasteiger partial charge >= 0.3 is 0 Å². The van der Waals surface area contributed by atoms with E-state index in [4.69, 9.17) is 0 Å². The van der Waals surface area contributed by atoms with Gasteiger partial charge in [-0.2, -0.15) is 5.26 Å². The van der Waals surface area contributed by atoms with Gasteiger partial charge in [-0.25, -0.2) is 0 Å². The number of piperazine rings is 1. The molecule has 5 rings (SSSR count). The fourth-order valence-corrected chi connectivity index (χ4v) is 5.29. The quantitative estimate of drug-likeness (QED) is 0.328. The Balaban J connectivity index is 1.30. The van der Waals surface area contributed by atoms with Gasteiger partial charge in [-0.3, -0.25) is 19.5 Å². The Hall–Kier alpha value is -5.00. The van der Waals surface area contributed by atoms with Crippen molar-refractivity contribution in [1.82, 2.24) is 15.2 Å². The van der Waals surface area contributed by atoms with E-state index >= 15 is 0 Å². The van der Waals surface area contributed by atoms with E-state index in [2.05, 4.69) is 31.5 Å². The average Bonchev–Trinajstić information content (AvgIpc) is 3.02. The Morgan fingerprint density at radius 2 is 1.71 bits per heavy atom. The molecule has 206 valence electrons. The Morgan fingerprint density at radius 1 is 0.951 bits per heavy atom. The number of rotatable bonds is 8. The first kappa shape index (κ1) is 27.6. The van der Waals surface area contributed by atoms with Crippen LogP contribution in [0.1, 0.15) is 34.5 Å². The summed E-state index contributed by atoms with van der Waals surface area (Å²) in [6, 6.07) is 28.3. The lowest BCUT2D eigenvalue weighted by atomic mass is 10.0. The van der Waals surface area contributed by atoms with Crippen LogP contribution in [0.15, 0.2) is 97.3 Å². The Bertz CT molecular complexity index is 1540. The van der Waals surface area contributed by atoms with Crippen molar-refractivity contribution in [3.05, 3.63) is 114 Å². The number of carbonyl (C=O) groups excluding carboxylic acids is 2. The number of carbonyl (C=O) groups is 2. The van der Waals surface area contributed by atoms with Crippen molar-refractivity contribution in [2.45, 2.75) is 13.0 Å². The predicted molar refractivity (Wildman–Crippen MR) is 160 cm³/mol. The largest absolute Gasteiger partial charge is 0.368 e. The molecular formula is C33H32N6O2. The Labute approximate surface area is 240 Å². The third-order valence-corrected chi connectivity index (χ3v) is 7.25. The van der Waals surface area contributed by atoms with Crippen molar-refractivity contribution in [3.8, 4) is 17.2 Å². The highest BCUT2D eigenvalue weighted by Crippen LogP contribution is 2.29. The second kappa shape index (κ2) is 12.9. The Kier molecular flexibility index (Phi) is 8.67. The lowest BCUT2D eigenvalue weighted by molar-refractivity contribution is -0.126. The highest BCUT2D eigenvalue weighted by molar-refractivity contribution is 6.08. The molecule has 2 heterocycles. The summed E-state index contributed by atoms with van der Waals surface area (Å²) >= 11 is 0. The van der Waals surface area contributed by atoms with Gasteiger partial charge in [0.25, 0.3) is 5.91 Å². The van der Waals surface area contributed by atoms with Crippen LogP contribution < -0.4 is 15.5 Å². The molecule has 41 heavy (non-hydrogen) atoms. The predicted octanol–water partition coefficient (Wildman–Crippen LogP) is 4.87. The SMILES string of the molecule is CCNC(=O)C(c1ccccc1)N1CCN(c2ccc(NC(=O)c3ccccc3-c3cccnc3)cc2C#N)CC1. The second-order valence-corrected chi connectivity index (χ2v) is 9.82. The molecule has 1 fully saturated rings. The summed E-state index contributed by atoms with van der Waals surface area (Å²) in [5, 5.41) is 15.9. The van der Waals surface area contributed by atoms with Gasteiger partial charge in [0.2, 0.25) is 5.91 Å². The van der Waals surface area contributed by atoms with E-state index in [9.17, 15) is 14.9 Å². The van der Waals surface area contributed by atoms with E-state index in [1.165, 1.54) is 0 Å². The summed E-state index contributed by atoms with van der Waals surface area (Å²) in [6.07, 6.45) is 3.43. The van der Waals surface area contributed by atoms with Crippen LogP contribution in [0, 0.1) is 11.3 Å². The number of benzene rings is 3. The summed E-state index contributed by atoms with van der Waals surface area (Å²) in [4.78, 5) is 34.8. The third kappa shape index (κ3) is 6.26. The van der Waals surface area contributed by atoms with Gasteiger partial charge < -0.3 is 15.5 Å². The molecule has 0 saturated carbocycles. The van der Waals surface area contributed by atoms with Gasteiger partial charge in [0, 0.05) is 61.9 Å². The molecule has 1 aliphatic rings. The van der Waals surface area contributed by atoms with Crippen molar-refractivity contribution < 1.29 is 9.59 Å². The van der Waals surface area contributed by atoms with Crippen molar-refractivity contribution >= 4 is 23.2 Å². The number of nitrogens with zero attached hydrogens (tertiary/aromatic N) is 4. The highest BCUT2D eigenvalue weighted by Gasteiger charge is 2.30. The summed E-state index contributed by atoms with van der Waals surface area (Å²) < 4.78 is 0. The summed E-state index contributed by atoms with van der Waals surface area (Å²) in [5.41, 5.74) is 4.99. The van der Waals surface area contributed by atoms with E-state index in [0.717, 1.165) is 22.4 Å². The summed E-state index contributed by atoms with van der Waals surface area (Å²) in [7, 11) is 0. The van der Waals surface area contributed by atoms with E-state index < -0.39 is 0 Å². The average molecular weight is 545 g/mol. The zero-order valence-electron chi connectivity index (χ0n) is 23.0. The number of hydrogen-bond acceptors (Lipinski definition) is 6. The molecule has 3 aromatic carbocycles. The molecule has 1 saturated heterocycles. The van der Waals surface area contributed by atoms with Crippen molar-refractivity contribution in [2.24, 2.45) is 0 Å². The first-order valence-corrected chi connectivity index (χ1v) is 13.8. The van der Waals surface area contributed by atoms with Gasteiger partial charge in [0.15, 0.2) is 0 Å². The fraction of sp³-hybridized carbons (Fsp3) is 0.212. The minimum Gasteiger partial charge on any atom is -0.368 e. The van der Waals surface area contributed by atoms with E-state index in [0.29, 0.717) is 49.5 Å². The first-order chi connectivity index (χ1) is 20.1. The number of hydrogen-bond donors (Lipinski definition) is 2. The molecule has 2 N–H and O–H groups in total. The molecule has 8 heteroatoms. The summed E-state index contributed by atoms with van der Waals surface area (Å²) in [5.74, 6) is -0.262. The monoisotopic (exact) mass is 544 g/mol. The van der Waals surface area contributed by atoms with Gasteiger partial charge in [-0.1, -0.05) is 54.6 Å². The molecule has 0 bridgehead atoms. The van der Waals surface area contributed by atoms with Crippen LogP contribution in [0.4, 0.5) is 11.4 Å². The second-order valence-electron chi connectivity index (χ2n) is 9.82. The first-order valence-electron chi connectivity index (χ1n) is 13.8. The number of pyridine rings is 1. The van der Waals surface area contributed by atoms with Gasteiger partial charge in [0.1, 0.15) is 12.1 Å².